The first-order valence-electron chi connectivity index (χ1n) is 18.1. The largest absolute Gasteiger partial charge is 0.472 e. The van der Waals surface area contributed by atoms with Gasteiger partial charge in [-0.1, -0.05) is 55.9 Å². The fraction of sp³-hybridized carbons (Fsp3) is 0.600. The maximum atomic E-state index is 14.4. The Labute approximate surface area is 299 Å². The highest BCUT2D eigenvalue weighted by molar-refractivity contribution is 5.79. The van der Waals surface area contributed by atoms with E-state index in [0.29, 0.717) is 30.4 Å². The van der Waals surface area contributed by atoms with Crippen molar-refractivity contribution in [1.82, 2.24) is 0 Å². The second kappa shape index (κ2) is 15.3. The van der Waals surface area contributed by atoms with E-state index in [2.05, 4.69) is 19.9 Å². The SMILES string of the molecule is CC=C(C)[C@H]1O[C@@]2(C[C@@H]3C[C@@H](CC=C(C)C[C@@H](C)C=CC=C4CO[C@@H]5[C@H](O)C(COC(=O)Cc6ccoc6)=C[C@@H](C(=O)O3)[C@]45O)O2)[C@H](O)C[C@@H]1C. The summed E-state index contributed by atoms with van der Waals surface area (Å²) in [6.45, 7) is 9.83. The molecule has 2 bridgehead atoms. The zero-order valence-corrected chi connectivity index (χ0v) is 30.2. The summed E-state index contributed by atoms with van der Waals surface area (Å²) in [7, 11) is 0. The van der Waals surface area contributed by atoms with Gasteiger partial charge in [-0.2, -0.15) is 0 Å². The van der Waals surface area contributed by atoms with Crippen molar-refractivity contribution in [3.05, 3.63) is 82.9 Å². The Morgan fingerprint density at radius 2 is 1.96 bits per heavy atom. The molecule has 3 N–H and O–H groups in total. The van der Waals surface area contributed by atoms with Gasteiger partial charge < -0.3 is 43.4 Å². The molecule has 11 nitrogen and oxygen atoms in total. The zero-order chi connectivity index (χ0) is 36.5. The van der Waals surface area contributed by atoms with E-state index in [-0.39, 0.29) is 49.6 Å². The molecule has 6 rings (SSSR count). The first-order valence-corrected chi connectivity index (χ1v) is 18.1. The van der Waals surface area contributed by atoms with E-state index >= 15 is 0 Å². The minimum Gasteiger partial charge on any atom is -0.472 e. The van der Waals surface area contributed by atoms with Crippen LogP contribution in [0.5, 0.6) is 0 Å². The van der Waals surface area contributed by atoms with Crippen molar-refractivity contribution in [2.45, 2.75) is 121 Å². The molecule has 4 aliphatic heterocycles. The molecule has 3 fully saturated rings. The average molecular weight is 709 g/mol. The van der Waals surface area contributed by atoms with Gasteiger partial charge in [-0.15, -0.1) is 0 Å². The van der Waals surface area contributed by atoms with Gasteiger partial charge in [0.2, 0.25) is 0 Å². The third kappa shape index (κ3) is 7.75. The van der Waals surface area contributed by atoms with Crippen molar-refractivity contribution in [2.24, 2.45) is 17.8 Å². The van der Waals surface area contributed by atoms with E-state index in [1.165, 1.54) is 24.2 Å². The fourth-order valence-electron chi connectivity index (χ4n) is 8.24. The molecule has 0 unspecified atom stereocenters. The summed E-state index contributed by atoms with van der Waals surface area (Å²) in [6, 6.07) is 1.66. The van der Waals surface area contributed by atoms with Crippen LogP contribution in [-0.4, -0.2) is 88.5 Å². The van der Waals surface area contributed by atoms with Crippen LogP contribution in [0.4, 0.5) is 0 Å². The van der Waals surface area contributed by atoms with Crippen LogP contribution in [0.15, 0.2) is 81.8 Å². The Bertz CT molecular complexity index is 1590. The number of carbonyl (C=O) groups is 2. The van der Waals surface area contributed by atoms with Crippen molar-refractivity contribution >= 4 is 11.9 Å². The Morgan fingerprint density at radius 1 is 1.16 bits per heavy atom. The number of fused-ring (bicyclic) bond motifs is 2. The van der Waals surface area contributed by atoms with Crippen molar-refractivity contribution in [3.63, 3.8) is 0 Å². The standard InChI is InChI=1S/C40H52O11/c1-6-25(4)36-26(5)15-33(41)39(51-36)19-31-18-30(50-39)11-10-24(3)14-23(2)8-7-9-29-22-48-37-35(43)28(17-32(38(44)49-31)40(29,37)45)21-47-34(42)16-27-12-13-46-20-27/h6-10,12-13,17,20,23,26,30-33,35-37,41,43,45H,11,14-16,18-19,21-22H2,1-5H3/t23-,26-,30+,31-,32-,33+,35+,36+,37+,39-,40+/m0/s1. The second-order valence-electron chi connectivity index (χ2n) is 15.1. The lowest BCUT2D eigenvalue weighted by Crippen LogP contribution is -2.62. The summed E-state index contributed by atoms with van der Waals surface area (Å²) in [5.41, 5.74) is 1.54. The van der Waals surface area contributed by atoms with Gasteiger partial charge in [0, 0.05) is 18.4 Å². The first-order chi connectivity index (χ1) is 24.3. The lowest BCUT2D eigenvalue weighted by atomic mass is 9.70. The minimum atomic E-state index is -1.94. The van der Waals surface area contributed by atoms with Gasteiger partial charge in [0.15, 0.2) is 5.79 Å². The highest BCUT2D eigenvalue weighted by Crippen LogP contribution is 2.48. The van der Waals surface area contributed by atoms with Gasteiger partial charge in [0.25, 0.3) is 0 Å². The Balaban J connectivity index is 1.34. The number of esters is 2. The molecule has 1 aromatic heterocycles. The second-order valence-corrected chi connectivity index (χ2v) is 15.1. The number of rotatable bonds is 5. The molecule has 0 saturated carbocycles. The van der Waals surface area contributed by atoms with Gasteiger partial charge in [-0.3, -0.25) is 9.59 Å². The molecular formula is C40H52O11. The molecule has 0 amide bonds. The lowest BCUT2D eigenvalue weighted by Gasteiger charge is -2.52. The number of aliphatic hydroxyl groups excluding tert-OH is 2. The molecule has 1 aromatic rings. The van der Waals surface area contributed by atoms with Crippen LogP contribution in [0.3, 0.4) is 0 Å². The number of carbonyl (C=O) groups excluding carboxylic acids is 2. The Kier molecular flexibility index (Phi) is 11.3. The number of ether oxygens (including phenoxy) is 5. The molecule has 278 valence electrons. The number of hydrogen-bond donors (Lipinski definition) is 3. The summed E-state index contributed by atoms with van der Waals surface area (Å²) >= 11 is 0. The highest BCUT2D eigenvalue weighted by atomic mass is 16.7. The maximum absolute atomic E-state index is 14.4. The molecule has 51 heavy (non-hydrogen) atoms. The molecule has 1 spiro atoms. The van der Waals surface area contributed by atoms with E-state index in [1.807, 2.05) is 39.0 Å². The van der Waals surface area contributed by atoms with Crippen LogP contribution in [-0.2, 0) is 39.7 Å². The predicted molar refractivity (Wildman–Crippen MR) is 186 cm³/mol. The van der Waals surface area contributed by atoms with Gasteiger partial charge in [0.1, 0.15) is 42.5 Å². The van der Waals surface area contributed by atoms with E-state index in [9.17, 15) is 24.9 Å². The van der Waals surface area contributed by atoms with Crippen LogP contribution in [0.25, 0.3) is 0 Å². The van der Waals surface area contributed by atoms with Crippen LogP contribution < -0.4 is 0 Å². The molecule has 0 aromatic carbocycles. The topological polar surface area (TPSA) is 154 Å². The van der Waals surface area contributed by atoms with Crippen LogP contribution in [0.1, 0.15) is 72.3 Å². The zero-order valence-electron chi connectivity index (χ0n) is 30.2. The highest BCUT2D eigenvalue weighted by Gasteiger charge is 2.61. The van der Waals surface area contributed by atoms with E-state index in [1.54, 1.807) is 12.1 Å². The van der Waals surface area contributed by atoms with Crippen LogP contribution in [0.2, 0.25) is 0 Å². The van der Waals surface area contributed by atoms with Crippen LogP contribution >= 0.6 is 0 Å². The third-order valence-corrected chi connectivity index (χ3v) is 11.1. The Morgan fingerprint density at radius 3 is 2.71 bits per heavy atom. The summed E-state index contributed by atoms with van der Waals surface area (Å²) in [5, 5.41) is 35.4. The predicted octanol–water partition coefficient (Wildman–Crippen LogP) is 4.81. The molecule has 0 radical (unpaired) electrons. The van der Waals surface area contributed by atoms with Gasteiger partial charge in [-0.25, -0.2) is 0 Å². The van der Waals surface area contributed by atoms with Crippen molar-refractivity contribution in [3.8, 4) is 0 Å². The van der Waals surface area contributed by atoms with Crippen molar-refractivity contribution in [1.29, 1.82) is 0 Å². The molecule has 5 aliphatic rings. The molecule has 11 atom stereocenters. The monoisotopic (exact) mass is 708 g/mol. The van der Waals surface area contributed by atoms with Crippen molar-refractivity contribution < 1.29 is 53.0 Å². The first kappa shape index (κ1) is 37.4. The van der Waals surface area contributed by atoms with E-state index < -0.39 is 59.8 Å². The van der Waals surface area contributed by atoms with Crippen LogP contribution in [0, 0.1) is 17.8 Å². The van der Waals surface area contributed by atoms with E-state index in [0.717, 1.165) is 12.0 Å². The number of allylic oxidation sites excluding steroid dienone is 5. The van der Waals surface area contributed by atoms with Gasteiger partial charge in [0.05, 0.1) is 37.8 Å². The summed E-state index contributed by atoms with van der Waals surface area (Å²) in [6.07, 6.45) is 11.3. The summed E-state index contributed by atoms with van der Waals surface area (Å²) in [4.78, 5) is 27.0. The Hall–Kier alpha value is -3.32. The maximum Gasteiger partial charge on any atom is 0.316 e. The smallest absolute Gasteiger partial charge is 0.316 e. The number of furan rings is 1. The third-order valence-electron chi connectivity index (χ3n) is 11.1. The summed E-state index contributed by atoms with van der Waals surface area (Å²) < 4.78 is 36.1. The number of aliphatic hydroxyl groups is 3. The molecule has 3 saturated heterocycles. The van der Waals surface area contributed by atoms with Crippen molar-refractivity contribution in [2.75, 3.05) is 13.2 Å². The summed E-state index contributed by atoms with van der Waals surface area (Å²) in [5.74, 6) is -3.78. The lowest BCUT2D eigenvalue weighted by molar-refractivity contribution is -0.363. The molecule has 11 heteroatoms. The van der Waals surface area contributed by atoms with E-state index in [4.69, 9.17) is 28.1 Å². The molecule has 5 heterocycles. The normalized spacial score (nSPS) is 39.1. The fourth-order valence-corrected chi connectivity index (χ4v) is 8.24. The minimum absolute atomic E-state index is 0.0204. The quantitative estimate of drug-likeness (QED) is 0.285. The number of hydrogen-bond acceptors (Lipinski definition) is 11. The average Bonchev–Trinajstić information content (AvgIpc) is 3.72. The van der Waals surface area contributed by atoms with Gasteiger partial charge in [-0.05, 0) is 74.7 Å². The molecule has 1 aliphatic carbocycles. The van der Waals surface area contributed by atoms with Gasteiger partial charge >= 0.3 is 11.9 Å². The molecular weight excluding hydrogens is 656 g/mol.